The molecule has 5 heteroatoms. The molecule has 2 aromatic rings. The van der Waals surface area contributed by atoms with Crippen molar-refractivity contribution in [3.63, 3.8) is 0 Å². The van der Waals surface area contributed by atoms with Crippen LogP contribution in [0.3, 0.4) is 0 Å². The van der Waals surface area contributed by atoms with E-state index in [0.717, 1.165) is 5.56 Å². The van der Waals surface area contributed by atoms with Crippen molar-refractivity contribution in [3.05, 3.63) is 58.6 Å². The summed E-state index contributed by atoms with van der Waals surface area (Å²) >= 11 is 6.01. The molecule has 0 aliphatic rings. The number of methoxy groups -OCH3 is 1. The summed E-state index contributed by atoms with van der Waals surface area (Å²) < 4.78 is 5.06. The molecule has 0 heterocycles. The molecule has 0 fully saturated rings. The molecule has 4 nitrogen and oxygen atoms in total. The minimum atomic E-state index is -0.199. The van der Waals surface area contributed by atoms with Crippen molar-refractivity contribution >= 4 is 23.2 Å². The lowest BCUT2D eigenvalue weighted by Crippen LogP contribution is -2.12. The molecule has 0 saturated carbocycles. The van der Waals surface area contributed by atoms with Gasteiger partial charge in [-0.25, -0.2) is 0 Å². The van der Waals surface area contributed by atoms with Gasteiger partial charge in [0.15, 0.2) is 0 Å². The number of rotatable bonds is 4. The summed E-state index contributed by atoms with van der Waals surface area (Å²) in [6.07, 6.45) is 0. The van der Waals surface area contributed by atoms with Gasteiger partial charge < -0.3 is 15.8 Å². The topological polar surface area (TPSA) is 64.3 Å². The third kappa shape index (κ3) is 3.29. The number of hydrogen-bond acceptors (Lipinski definition) is 3. The molecule has 104 valence electrons. The van der Waals surface area contributed by atoms with E-state index in [1.165, 1.54) is 0 Å². The third-order valence-corrected chi connectivity index (χ3v) is 3.16. The van der Waals surface area contributed by atoms with E-state index in [-0.39, 0.29) is 5.91 Å². The van der Waals surface area contributed by atoms with E-state index in [1.54, 1.807) is 37.4 Å². The highest BCUT2D eigenvalue weighted by atomic mass is 35.5. The Morgan fingerprint density at radius 3 is 2.50 bits per heavy atom. The first kappa shape index (κ1) is 14.4. The number of anilines is 1. The van der Waals surface area contributed by atoms with Crippen molar-refractivity contribution in [1.82, 2.24) is 0 Å². The normalized spacial score (nSPS) is 10.2. The molecule has 2 rings (SSSR count). The Hall–Kier alpha value is -2.04. The van der Waals surface area contributed by atoms with Crippen molar-refractivity contribution in [1.29, 1.82) is 0 Å². The SMILES string of the molecule is COc1ccc(NC(=O)c2ccc(CN)cc2)cc1Cl. The number of carbonyl (C=O) groups excluding carboxylic acids is 1. The zero-order valence-corrected chi connectivity index (χ0v) is 11.8. The Labute approximate surface area is 122 Å². The lowest BCUT2D eigenvalue weighted by Gasteiger charge is -2.08. The maximum absolute atomic E-state index is 12.1. The average molecular weight is 291 g/mol. The number of amides is 1. The predicted molar refractivity (Wildman–Crippen MR) is 80.3 cm³/mol. The molecule has 0 saturated heterocycles. The van der Waals surface area contributed by atoms with Gasteiger partial charge in [0.25, 0.3) is 5.91 Å². The summed E-state index contributed by atoms with van der Waals surface area (Å²) in [6.45, 7) is 0.454. The first-order chi connectivity index (χ1) is 9.63. The maximum atomic E-state index is 12.1. The Morgan fingerprint density at radius 2 is 1.95 bits per heavy atom. The minimum absolute atomic E-state index is 0.199. The quantitative estimate of drug-likeness (QED) is 0.909. The van der Waals surface area contributed by atoms with Crippen molar-refractivity contribution < 1.29 is 9.53 Å². The average Bonchev–Trinajstić information content (AvgIpc) is 2.47. The molecule has 2 aromatic carbocycles. The molecule has 0 unspecified atom stereocenters. The van der Waals surface area contributed by atoms with Gasteiger partial charge in [-0.2, -0.15) is 0 Å². The zero-order valence-electron chi connectivity index (χ0n) is 11.0. The van der Waals surface area contributed by atoms with E-state index in [4.69, 9.17) is 22.1 Å². The van der Waals surface area contributed by atoms with Gasteiger partial charge >= 0.3 is 0 Å². The van der Waals surface area contributed by atoms with Crippen LogP contribution in [0, 0.1) is 0 Å². The van der Waals surface area contributed by atoms with Crippen LogP contribution in [0.4, 0.5) is 5.69 Å². The van der Waals surface area contributed by atoms with Gasteiger partial charge in [0.2, 0.25) is 0 Å². The van der Waals surface area contributed by atoms with Crippen LogP contribution in [0.1, 0.15) is 15.9 Å². The third-order valence-electron chi connectivity index (χ3n) is 2.86. The highest BCUT2D eigenvalue weighted by molar-refractivity contribution is 6.32. The monoisotopic (exact) mass is 290 g/mol. The molecule has 1 amide bonds. The Morgan fingerprint density at radius 1 is 1.25 bits per heavy atom. The summed E-state index contributed by atoms with van der Waals surface area (Å²) in [5.41, 5.74) is 7.68. The first-order valence-electron chi connectivity index (χ1n) is 6.08. The van der Waals surface area contributed by atoms with Gasteiger partial charge in [-0.15, -0.1) is 0 Å². The van der Waals surface area contributed by atoms with Crippen molar-refractivity contribution in [2.75, 3.05) is 12.4 Å². The van der Waals surface area contributed by atoms with E-state index in [0.29, 0.717) is 28.6 Å². The number of ether oxygens (including phenoxy) is 1. The Balaban J connectivity index is 2.12. The second kappa shape index (κ2) is 6.41. The van der Waals surface area contributed by atoms with E-state index >= 15 is 0 Å². The summed E-state index contributed by atoms with van der Waals surface area (Å²) in [5, 5.41) is 3.23. The largest absolute Gasteiger partial charge is 0.495 e. The van der Waals surface area contributed by atoms with Crippen LogP contribution in [0.15, 0.2) is 42.5 Å². The maximum Gasteiger partial charge on any atom is 0.255 e. The Kier molecular flexibility index (Phi) is 4.61. The van der Waals surface area contributed by atoms with Crippen molar-refractivity contribution in [3.8, 4) is 5.75 Å². The Bertz CT molecular complexity index is 612. The van der Waals surface area contributed by atoms with Gasteiger partial charge in [-0.1, -0.05) is 23.7 Å². The van der Waals surface area contributed by atoms with E-state index in [9.17, 15) is 4.79 Å². The smallest absolute Gasteiger partial charge is 0.255 e. The molecule has 0 bridgehead atoms. The number of benzene rings is 2. The van der Waals surface area contributed by atoms with Crippen molar-refractivity contribution in [2.45, 2.75) is 6.54 Å². The number of nitrogens with one attached hydrogen (secondary N) is 1. The minimum Gasteiger partial charge on any atom is -0.495 e. The molecule has 0 spiro atoms. The van der Waals surface area contributed by atoms with E-state index in [1.807, 2.05) is 12.1 Å². The first-order valence-corrected chi connectivity index (χ1v) is 6.45. The van der Waals surface area contributed by atoms with Crippen LogP contribution in [0.25, 0.3) is 0 Å². The number of carbonyl (C=O) groups is 1. The summed E-state index contributed by atoms with van der Waals surface area (Å²) in [7, 11) is 1.54. The summed E-state index contributed by atoms with van der Waals surface area (Å²) in [5.74, 6) is 0.367. The molecular weight excluding hydrogens is 276 g/mol. The van der Waals surface area contributed by atoms with Crippen LogP contribution in [-0.2, 0) is 6.54 Å². The lowest BCUT2D eigenvalue weighted by molar-refractivity contribution is 0.102. The van der Waals surface area contributed by atoms with Crippen molar-refractivity contribution in [2.24, 2.45) is 5.73 Å². The molecule has 0 aliphatic heterocycles. The second-order valence-electron chi connectivity index (χ2n) is 4.20. The summed E-state index contributed by atoms with van der Waals surface area (Å²) in [6, 6.07) is 12.2. The molecule has 3 N–H and O–H groups in total. The second-order valence-corrected chi connectivity index (χ2v) is 4.61. The fourth-order valence-corrected chi connectivity index (χ4v) is 2.00. The van der Waals surface area contributed by atoms with Crippen LogP contribution < -0.4 is 15.8 Å². The van der Waals surface area contributed by atoms with E-state index in [2.05, 4.69) is 5.32 Å². The molecular formula is C15H15ClN2O2. The fraction of sp³-hybridized carbons (Fsp3) is 0.133. The standard InChI is InChI=1S/C15H15ClN2O2/c1-20-14-7-6-12(8-13(14)16)18-15(19)11-4-2-10(9-17)3-5-11/h2-8H,9,17H2,1H3,(H,18,19). The van der Waals surface area contributed by atoms with Gasteiger partial charge in [-0.3, -0.25) is 4.79 Å². The lowest BCUT2D eigenvalue weighted by atomic mass is 10.1. The zero-order chi connectivity index (χ0) is 14.5. The van der Waals surface area contributed by atoms with Gasteiger partial charge in [0, 0.05) is 17.8 Å². The molecule has 20 heavy (non-hydrogen) atoms. The predicted octanol–water partition coefficient (Wildman–Crippen LogP) is 3.06. The molecule has 0 aromatic heterocycles. The highest BCUT2D eigenvalue weighted by Gasteiger charge is 2.08. The van der Waals surface area contributed by atoms with Gasteiger partial charge in [-0.05, 0) is 35.9 Å². The van der Waals surface area contributed by atoms with E-state index < -0.39 is 0 Å². The number of halogens is 1. The van der Waals surface area contributed by atoms with Crippen LogP contribution in [0.2, 0.25) is 5.02 Å². The highest BCUT2D eigenvalue weighted by Crippen LogP contribution is 2.27. The van der Waals surface area contributed by atoms with Crippen LogP contribution >= 0.6 is 11.6 Å². The van der Waals surface area contributed by atoms with Crippen LogP contribution in [-0.4, -0.2) is 13.0 Å². The van der Waals surface area contributed by atoms with Gasteiger partial charge in [0.1, 0.15) is 5.75 Å². The number of nitrogens with two attached hydrogens (primary N) is 1. The number of hydrogen-bond donors (Lipinski definition) is 2. The van der Waals surface area contributed by atoms with Crippen LogP contribution in [0.5, 0.6) is 5.75 Å². The van der Waals surface area contributed by atoms with Gasteiger partial charge in [0.05, 0.1) is 12.1 Å². The summed E-state index contributed by atoms with van der Waals surface area (Å²) in [4.78, 5) is 12.1. The molecule has 0 aliphatic carbocycles. The molecule has 0 atom stereocenters. The molecule has 0 radical (unpaired) electrons. The fourth-order valence-electron chi connectivity index (χ4n) is 1.74.